The Morgan fingerprint density at radius 1 is 0.897 bits per heavy atom. The molecule has 16 nitrogen and oxygen atoms in total. The number of carbonyl (C=O) groups excluding carboxylic acids is 4. The quantitative estimate of drug-likeness (QED) is 0.0450. The number of rotatable bonds is 24. The van der Waals surface area contributed by atoms with E-state index in [9.17, 15) is 34.2 Å². The van der Waals surface area contributed by atoms with E-state index in [0.717, 1.165) is 10.6 Å². The number of nitrogens with zero attached hydrogens (tertiary/aromatic N) is 1. The molecule has 0 bridgehead atoms. The molecular formula is C41H46ClN3O13. The van der Waals surface area contributed by atoms with Crippen molar-refractivity contribution in [3.63, 3.8) is 0 Å². The number of ether oxygens (including phenoxy) is 5. The Balaban J connectivity index is 0.981. The van der Waals surface area contributed by atoms with Gasteiger partial charge in [-0.25, -0.2) is 0 Å². The highest BCUT2D eigenvalue weighted by atomic mass is 35.5. The third-order valence-corrected chi connectivity index (χ3v) is 9.37. The van der Waals surface area contributed by atoms with Crippen molar-refractivity contribution in [2.45, 2.75) is 31.9 Å². The molecule has 1 aliphatic heterocycles. The summed E-state index contributed by atoms with van der Waals surface area (Å²) in [6.45, 7) is 4.04. The second kappa shape index (κ2) is 21.4. The predicted octanol–water partition coefficient (Wildman–Crippen LogP) is 3.77. The normalized spacial score (nSPS) is 13.4. The fourth-order valence-corrected chi connectivity index (χ4v) is 6.54. The van der Waals surface area contributed by atoms with E-state index in [0.29, 0.717) is 67.8 Å². The Hall–Kier alpha value is -5.36. The lowest BCUT2D eigenvalue weighted by atomic mass is 10.0. The molecule has 0 spiro atoms. The number of amides is 3. The number of anilines is 1. The molecule has 2 atom stereocenters. The zero-order valence-corrected chi connectivity index (χ0v) is 32.9. The molecular weight excluding hydrogens is 778 g/mol. The zero-order valence-electron chi connectivity index (χ0n) is 32.1. The van der Waals surface area contributed by atoms with E-state index >= 15 is 0 Å². The van der Waals surface area contributed by atoms with Crippen LogP contribution in [0.25, 0.3) is 22.3 Å². The first-order chi connectivity index (χ1) is 28.1. The van der Waals surface area contributed by atoms with Gasteiger partial charge in [-0.1, -0.05) is 17.7 Å². The van der Waals surface area contributed by atoms with Crippen molar-refractivity contribution in [2.24, 2.45) is 0 Å². The van der Waals surface area contributed by atoms with E-state index in [4.69, 9.17) is 39.7 Å². The number of aliphatic hydroxyl groups is 2. The van der Waals surface area contributed by atoms with E-state index in [1.165, 1.54) is 31.3 Å². The minimum absolute atomic E-state index is 0.00921. The lowest BCUT2D eigenvalue weighted by Gasteiger charge is -2.24. The van der Waals surface area contributed by atoms with Crippen LogP contribution in [0, 0.1) is 0 Å². The van der Waals surface area contributed by atoms with Crippen LogP contribution < -0.4 is 25.5 Å². The number of hydrogen-bond donors (Lipinski definition) is 4. The van der Waals surface area contributed by atoms with Crippen LogP contribution >= 0.6 is 11.6 Å². The van der Waals surface area contributed by atoms with E-state index < -0.39 is 36.5 Å². The maximum atomic E-state index is 13.3. The third kappa shape index (κ3) is 10.6. The first-order valence-electron chi connectivity index (χ1n) is 18.7. The smallest absolute Gasteiger partial charge is 0.266 e. The molecule has 4 aromatic rings. The molecule has 0 saturated carbocycles. The summed E-state index contributed by atoms with van der Waals surface area (Å²) < 4.78 is 34.2. The van der Waals surface area contributed by atoms with Crippen molar-refractivity contribution in [3.05, 3.63) is 86.5 Å². The lowest BCUT2D eigenvalue weighted by molar-refractivity contribution is -0.124. The summed E-state index contributed by atoms with van der Waals surface area (Å²) in [5, 5.41) is 25.9. The monoisotopic (exact) mass is 823 g/mol. The van der Waals surface area contributed by atoms with Crippen LogP contribution in [0.5, 0.6) is 11.5 Å². The van der Waals surface area contributed by atoms with Crippen molar-refractivity contribution in [1.82, 2.24) is 10.2 Å². The van der Waals surface area contributed by atoms with Gasteiger partial charge in [-0.05, 0) is 49.7 Å². The molecule has 4 N–H and O–H groups in total. The number of aliphatic hydroxyl groups excluding tert-OH is 2. The summed E-state index contributed by atoms with van der Waals surface area (Å²) >= 11 is 6.59. The summed E-state index contributed by atoms with van der Waals surface area (Å²) in [5.41, 5.74) is 1.64. The van der Waals surface area contributed by atoms with Crippen LogP contribution in [0.1, 0.15) is 52.1 Å². The third-order valence-electron chi connectivity index (χ3n) is 9.06. The highest BCUT2D eigenvalue weighted by Gasteiger charge is 2.44. The lowest BCUT2D eigenvalue weighted by Crippen LogP contribution is -2.48. The molecule has 1 aromatic heterocycles. The van der Waals surface area contributed by atoms with Gasteiger partial charge < -0.3 is 53.7 Å². The number of carbonyl (C=O) groups is 4. The summed E-state index contributed by atoms with van der Waals surface area (Å²) in [6.07, 6.45) is -0.563. The Labute approximate surface area is 338 Å². The molecule has 0 radical (unpaired) electrons. The average Bonchev–Trinajstić information content (AvgIpc) is 3.48. The standard InChI is InChI=1S/C41H46ClN3O13/c1-3-56-35-23-37-28(21-29(35)33(49)24-47)32(48)22-36(58-37)26-10-9-25(20-30(26)42)44-11-13-53-14-15-54-16-17-55-18-19-57-34-8-4-6-27-38(34)41(52)45(40(27)51)31(7-5-12-46)39(50)43-2/h4,6,8-10,12,20-23,31,33,44,47,49H,3,5,7,11,13-19,24H2,1-2H3,(H,43,50). The molecule has 5 rings (SSSR count). The number of benzene rings is 3. The van der Waals surface area contributed by atoms with Gasteiger partial charge in [0, 0.05) is 49.0 Å². The summed E-state index contributed by atoms with van der Waals surface area (Å²) in [6, 6.07) is 13.1. The molecule has 310 valence electrons. The van der Waals surface area contributed by atoms with Gasteiger partial charge in [0.25, 0.3) is 11.8 Å². The van der Waals surface area contributed by atoms with Gasteiger partial charge in [-0.15, -0.1) is 0 Å². The van der Waals surface area contributed by atoms with E-state index in [-0.39, 0.29) is 71.7 Å². The van der Waals surface area contributed by atoms with Crippen LogP contribution in [0.15, 0.2) is 63.8 Å². The molecule has 0 fully saturated rings. The number of nitrogens with one attached hydrogen (secondary N) is 2. The van der Waals surface area contributed by atoms with Crippen molar-refractivity contribution in [2.75, 3.05) is 78.4 Å². The highest BCUT2D eigenvalue weighted by Crippen LogP contribution is 2.35. The zero-order chi connectivity index (χ0) is 41.6. The molecule has 2 unspecified atom stereocenters. The predicted molar refractivity (Wildman–Crippen MR) is 213 cm³/mol. The molecule has 1 aliphatic rings. The molecule has 3 aromatic carbocycles. The van der Waals surface area contributed by atoms with Crippen LogP contribution in [0.3, 0.4) is 0 Å². The maximum absolute atomic E-state index is 13.3. The topological polar surface area (TPSA) is 212 Å². The fraction of sp³-hybridized carbons (Fsp3) is 0.390. The van der Waals surface area contributed by atoms with Gasteiger partial charge in [0.05, 0.1) is 74.4 Å². The summed E-state index contributed by atoms with van der Waals surface area (Å²) in [7, 11) is 1.40. The number of likely N-dealkylation sites (N-methyl/N-ethyl adjacent to an activating group) is 1. The van der Waals surface area contributed by atoms with Crippen LogP contribution in [-0.4, -0.2) is 118 Å². The minimum atomic E-state index is -1.21. The van der Waals surface area contributed by atoms with E-state index in [1.807, 2.05) is 0 Å². The van der Waals surface area contributed by atoms with Gasteiger partial charge in [0.1, 0.15) is 47.9 Å². The first kappa shape index (κ1) is 43.8. The van der Waals surface area contributed by atoms with Crippen LogP contribution in [0.2, 0.25) is 5.02 Å². The SMILES string of the molecule is CCOc1cc2oc(-c3ccc(NCCOCCOCCOCCOc4cccc5c4C(=O)N(C(CCC=O)C(=O)NC)C5=O)cc3Cl)cc(=O)c2cc1C(O)CO. The molecule has 2 heterocycles. The van der Waals surface area contributed by atoms with E-state index in [2.05, 4.69) is 10.6 Å². The summed E-state index contributed by atoms with van der Waals surface area (Å²) in [5.74, 6) is -1.07. The molecule has 17 heteroatoms. The molecule has 0 saturated heterocycles. The molecule has 0 aliphatic carbocycles. The molecule has 3 amide bonds. The van der Waals surface area contributed by atoms with Gasteiger partial charge in [-0.3, -0.25) is 24.1 Å². The van der Waals surface area contributed by atoms with Crippen LogP contribution in [0.4, 0.5) is 5.69 Å². The second-order valence-corrected chi connectivity index (χ2v) is 13.2. The van der Waals surface area contributed by atoms with Crippen molar-refractivity contribution < 1.29 is 57.5 Å². The maximum Gasteiger partial charge on any atom is 0.266 e. The summed E-state index contributed by atoms with van der Waals surface area (Å²) in [4.78, 5) is 63.6. The Morgan fingerprint density at radius 2 is 1.62 bits per heavy atom. The van der Waals surface area contributed by atoms with E-state index in [1.54, 1.807) is 37.3 Å². The van der Waals surface area contributed by atoms with Crippen molar-refractivity contribution >= 4 is 52.3 Å². The number of aldehydes is 1. The Morgan fingerprint density at radius 3 is 2.29 bits per heavy atom. The Bertz CT molecular complexity index is 2140. The Kier molecular flexibility index (Phi) is 16.2. The highest BCUT2D eigenvalue weighted by molar-refractivity contribution is 6.33. The minimum Gasteiger partial charge on any atom is -0.493 e. The number of imide groups is 1. The number of hydrogen-bond acceptors (Lipinski definition) is 14. The average molecular weight is 824 g/mol. The first-order valence-corrected chi connectivity index (χ1v) is 19.1. The largest absolute Gasteiger partial charge is 0.493 e. The number of halogens is 1. The number of fused-ring (bicyclic) bond motifs is 2. The van der Waals surface area contributed by atoms with Crippen molar-refractivity contribution in [1.29, 1.82) is 0 Å². The second-order valence-electron chi connectivity index (χ2n) is 12.8. The molecule has 58 heavy (non-hydrogen) atoms. The van der Waals surface area contributed by atoms with Crippen molar-refractivity contribution in [3.8, 4) is 22.8 Å². The van der Waals surface area contributed by atoms with Gasteiger partial charge in [0.2, 0.25) is 5.91 Å². The van der Waals surface area contributed by atoms with Gasteiger partial charge in [-0.2, -0.15) is 0 Å². The van der Waals surface area contributed by atoms with Gasteiger partial charge in [0.15, 0.2) is 5.43 Å². The van der Waals surface area contributed by atoms with Gasteiger partial charge >= 0.3 is 0 Å². The fourth-order valence-electron chi connectivity index (χ4n) is 6.26. The van der Waals surface area contributed by atoms with Crippen LogP contribution in [-0.2, 0) is 23.8 Å².